The number of aromatic nitrogens is 5. The fourth-order valence-electron chi connectivity index (χ4n) is 9.92. The normalized spacial score (nSPS) is 11.8. The van der Waals surface area contributed by atoms with Crippen molar-refractivity contribution in [2.75, 3.05) is 0 Å². The van der Waals surface area contributed by atoms with Gasteiger partial charge in [-0.25, -0.2) is 9.97 Å². The second-order valence-corrected chi connectivity index (χ2v) is 16.2. The number of rotatable bonds is 6. The molecule has 0 spiro atoms. The maximum Gasteiger partial charge on any atom is 0.160 e. The third kappa shape index (κ3) is 5.43. The summed E-state index contributed by atoms with van der Waals surface area (Å²) >= 11 is 0. The molecule has 0 saturated heterocycles. The second kappa shape index (κ2) is 14.0. The van der Waals surface area contributed by atoms with Crippen LogP contribution in [0.15, 0.2) is 224 Å². The molecule has 0 saturated carbocycles. The average Bonchev–Trinajstić information content (AvgIpc) is 4.00. The van der Waals surface area contributed by atoms with E-state index in [0.29, 0.717) is 5.82 Å². The Kier molecular flexibility index (Phi) is 7.84. The van der Waals surface area contributed by atoms with E-state index < -0.39 is 0 Å². The van der Waals surface area contributed by atoms with Crippen LogP contribution in [-0.2, 0) is 0 Å². The van der Waals surface area contributed by atoms with Gasteiger partial charge < -0.3 is 13.7 Å². The highest BCUT2D eigenvalue weighted by molar-refractivity contribution is 6.14. The van der Waals surface area contributed by atoms with Gasteiger partial charge in [0.25, 0.3) is 0 Å². The number of fused-ring (bicyclic) bond motifs is 9. The van der Waals surface area contributed by atoms with Gasteiger partial charge in [-0.05, 0) is 54.6 Å². The van der Waals surface area contributed by atoms with Crippen molar-refractivity contribution < 1.29 is 0 Å². The fourth-order valence-corrected chi connectivity index (χ4v) is 9.92. The summed E-state index contributed by atoms with van der Waals surface area (Å²) in [4.78, 5) is 10.7. The van der Waals surface area contributed by atoms with E-state index in [9.17, 15) is 0 Å². The van der Waals surface area contributed by atoms with Crippen LogP contribution in [0.5, 0.6) is 0 Å². The Morgan fingerprint density at radius 2 is 0.556 bits per heavy atom. The van der Waals surface area contributed by atoms with E-state index in [-0.39, 0.29) is 0 Å². The molecule has 0 N–H and O–H groups in total. The molecule has 4 aromatic heterocycles. The first-order valence-corrected chi connectivity index (χ1v) is 21.4. The molecule has 9 aromatic carbocycles. The van der Waals surface area contributed by atoms with Gasteiger partial charge in [-0.1, -0.05) is 170 Å². The Morgan fingerprint density at radius 3 is 0.937 bits per heavy atom. The van der Waals surface area contributed by atoms with Crippen molar-refractivity contribution in [3.05, 3.63) is 224 Å². The Morgan fingerprint density at radius 1 is 0.254 bits per heavy atom. The van der Waals surface area contributed by atoms with E-state index in [0.717, 1.165) is 78.2 Å². The van der Waals surface area contributed by atoms with Crippen LogP contribution in [0.2, 0.25) is 0 Å². The summed E-state index contributed by atoms with van der Waals surface area (Å²) in [7, 11) is 0. The van der Waals surface area contributed by atoms with Gasteiger partial charge >= 0.3 is 0 Å². The first-order valence-electron chi connectivity index (χ1n) is 21.4. The molecule has 0 amide bonds. The van der Waals surface area contributed by atoms with Gasteiger partial charge in [0.05, 0.1) is 61.6 Å². The SMILES string of the molecule is c1ccc(-c2cc(-c3cc(-n4c5ccccc5c5ccccc54)c(-n4c5ccccc5c5ccccc54)c(-n4c5ccccc5c5ccccc54)c3)nc(-c3ccccc3)n2)cc1. The minimum absolute atomic E-state index is 0.676. The summed E-state index contributed by atoms with van der Waals surface area (Å²) in [5.74, 6) is 0.676. The molecule has 5 nitrogen and oxygen atoms in total. The number of benzene rings is 9. The maximum absolute atomic E-state index is 5.45. The van der Waals surface area contributed by atoms with Crippen molar-refractivity contribution >= 4 is 65.4 Å². The van der Waals surface area contributed by atoms with E-state index in [1.807, 2.05) is 12.1 Å². The first kappa shape index (κ1) is 35.2. The third-order valence-electron chi connectivity index (χ3n) is 12.6. The van der Waals surface area contributed by atoms with E-state index in [2.05, 4.69) is 226 Å². The summed E-state index contributed by atoms with van der Waals surface area (Å²) in [5, 5.41) is 7.20. The minimum Gasteiger partial charge on any atom is -0.307 e. The molecule has 0 aliphatic heterocycles. The highest BCUT2D eigenvalue weighted by Crippen LogP contribution is 2.45. The van der Waals surface area contributed by atoms with Gasteiger partial charge in [0.15, 0.2) is 5.82 Å². The smallest absolute Gasteiger partial charge is 0.160 e. The van der Waals surface area contributed by atoms with Gasteiger partial charge in [0.2, 0.25) is 0 Å². The summed E-state index contributed by atoms with van der Waals surface area (Å²) < 4.78 is 7.45. The molecule has 0 fully saturated rings. The van der Waals surface area contributed by atoms with Gasteiger partial charge in [0, 0.05) is 49.0 Å². The lowest BCUT2D eigenvalue weighted by atomic mass is 10.0. The lowest BCUT2D eigenvalue weighted by Crippen LogP contribution is -2.10. The minimum atomic E-state index is 0.676. The summed E-state index contributed by atoms with van der Waals surface area (Å²) in [6, 6.07) is 80.4. The lowest BCUT2D eigenvalue weighted by molar-refractivity contribution is 1.05. The van der Waals surface area contributed by atoms with Gasteiger partial charge in [-0.3, -0.25) is 0 Å². The van der Waals surface area contributed by atoms with Crippen LogP contribution in [0.1, 0.15) is 0 Å². The molecule has 5 heteroatoms. The Bertz CT molecular complexity index is 3560. The van der Waals surface area contributed by atoms with Gasteiger partial charge in [-0.2, -0.15) is 0 Å². The van der Waals surface area contributed by atoms with Crippen molar-refractivity contribution in [2.45, 2.75) is 0 Å². The Hall–Kier alpha value is -8.54. The predicted octanol–water partition coefficient (Wildman–Crippen LogP) is 14.8. The molecule has 4 heterocycles. The zero-order valence-electron chi connectivity index (χ0n) is 34.1. The molecule has 0 unspecified atom stereocenters. The molecule has 0 atom stereocenters. The number of hydrogen-bond acceptors (Lipinski definition) is 2. The zero-order chi connectivity index (χ0) is 41.4. The van der Waals surface area contributed by atoms with E-state index in [1.54, 1.807) is 0 Å². The Labute approximate surface area is 363 Å². The van der Waals surface area contributed by atoms with Gasteiger partial charge in [0.1, 0.15) is 0 Å². The van der Waals surface area contributed by atoms with Crippen LogP contribution < -0.4 is 0 Å². The molecule has 63 heavy (non-hydrogen) atoms. The zero-order valence-corrected chi connectivity index (χ0v) is 34.1. The molecule has 13 rings (SSSR count). The fraction of sp³-hybridized carbons (Fsp3) is 0. The molecular weight excluding hydrogens is 767 g/mol. The van der Waals surface area contributed by atoms with Crippen molar-refractivity contribution in [1.82, 2.24) is 23.7 Å². The highest BCUT2D eigenvalue weighted by atomic mass is 15.1. The monoisotopic (exact) mass is 803 g/mol. The van der Waals surface area contributed by atoms with Crippen LogP contribution in [0.4, 0.5) is 0 Å². The van der Waals surface area contributed by atoms with Crippen LogP contribution in [0.25, 0.3) is 116 Å². The average molecular weight is 804 g/mol. The summed E-state index contributed by atoms with van der Waals surface area (Å²) in [6.45, 7) is 0. The molecule has 0 radical (unpaired) electrons. The largest absolute Gasteiger partial charge is 0.307 e. The topological polar surface area (TPSA) is 40.6 Å². The molecule has 0 bridgehead atoms. The van der Waals surface area contributed by atoms with Crippen LogP contribution >= 0.6 is 0 Å². The van der Waals surface area contributed by atoms with Crippen LogP contribution in [-0.4, -0.2) is 23.7 Å². The highest BCUT2D eigenvalue weighted by Gasteiger charge is 2.26. The number of nitrogens with zero attached hydrogens (tertiary/aromatic N) is 5. The first-order chi connectivity index (χ1) is 31.3. The standard InChI is InChI=1S/C58H37N5/c1-3-19-38(20-4-1)47-37-48(60-58(59-47)39-21-5-2-6-22-39)40-35-55(61-49-29-13-7-23-41(49)42-24-8-14-30-50(42)61)57(63-53-33-17-11-27-45(53)46-28-12-18-34-54(46)63)56(36-40)62-51-31-15-9-25-43(51)44-26-10-16-32-52(44)62/h1-37H. The molecule has 0 aliphatic rings. The molecule has 294 valence electrons. The van der Waals surface area contributed by atoms with Gasteiger partial charge in [-0.15, -0.1) is 0 Å². The van der Waals surface area contributed by atoms with Crippen molar-refractivity contribution in [2.24, 2.45) is 0 Å². The van der Waals surface area contributed by atoms with Crippen molar-refractivity contribution in [3.63, 3.8) is 0 Å². The van der Waals surface area contributed by atoms with E-state index >= 15 is 0 Å². The summed E-state index contributed by atoms with van der Waals surface area (Å²) in [5.41, 5.74) is 14.6. The van der Waals surface area contributed by atoms with E-state index in [4.69, 9.17) is 9.97 Å². The van der Waals surface area contributed by atoms with E-state index in [1.165, 1.54) is 32.3 Å². The summed E-state index contributed by atoms with van der Waals surface area (Å²) in [6.07, 6.45) is 0. The third-order valence-corrected chi connectivity index (χ3v) is 12.6. The van der Waals surface area contributed by atoms with Crippen LogP contribution in [0.3, 0.4) is 0 Å². The molecule has 0 aliphatic carbocycles. The van der Waals surface area contributed by atoms with Crippen molar-refractivity contribution in [1.29, 1.82) is 0 Å². The van der Waals surface area contributed by atoms with Crippen LogP contribution in [0, 0.1) is 0 Å². The lowest BCUT2D eigenvalue weighted by Gasteiger charge is -2.23. The second-order valence-electron chi connectivity index (χ2n) is 16.2. The quantitative estimate of drug-likeness (QED) is 0.168. The maximum atomic E-state index is 5.45. The number of para-hydroxylation sites is 6. The Balaban J connectivity index is 1.26. The molecular formula is C58H37N5. The molecule has 13 aromatic rings. The predicted molar refractivity (Wildman–Crippen MR) is 261 cm³/mol. The number of hydrogen-bond donors (Lipinski definition) is 0. The van der Waals surface area contributed by atoms with Crippen molar-refractivity contribution in [3.8, 4) is 51.0 Å².